The van der Waals surface area contributed by atoms with Crippen molar-refractivity contribution in [2.75, 3.05) is 7.11 Å². The van der Waals surface area contributed by atoms with E-state index in [1.54, 1.807) is 25.3 Å². The second-order valence-electron chi connectivity index (χ2n) is 3.93. The largest absolute Gasteiger partial charge is 0.495 e. The third-order valence-electron chi connectivity index (χ3n) is 2.70. The molecule has 100 valence electrons. The molecule has 19 heavy (non-hydrogen) atoms. The molecule has 1 nitrogen and oxygen atoms in total. The minimum Gasteiger partial charge on any atom is -0.495 e. The van der Waals surface area contributed by atoms with E-state index in [1.807, 2.05) is 12.1 Å². The molecule has 0 spiro atoms. The molecule has 0 bridgehead atoms. The molecule has 0 fully saturated rings. The minimum absolute atomic E-state index is 0.126. The molecule has 0 aliphatic carbocycles. The van der Waals surface area contributed by atoms with Crippen molar-refractivity contribution in [1.29, 1.82) is 0 Å². The summed E-state index contributed by atoms with van der Waals surface area (Å²) in [4.78, 5) is -0.126. The van der Waals surface area contributed by atoms with Gasteiger partial charge in [-0.3, -0.25) is 0 Å². The van der Waals surface area contributed by atoms with Gasteiger partial charge in [-0.2, -0.15) is 0 Å². The first-order chi connectivity index (χ1) is 9.02. The van der Waals surface area contributed by atoms with E-state index in [0.717, 1.165) is 11.1 Å². The molecule has 5 heteroatoms. The molecule has 2 aromatic rings. The summed E-state index contributed by atoms with van der Waals surface area (Å²) in [6.45, 7) is 0. The SMILES string of the molecule is COc1ccc(C(Br)c2ccc(Br)c(F)c2)cc1Cl. The van der Waals surface area contributed by atoms with E-state index >= 15 is 0 Å². The summed E-state index contributed by atoms with van der Waals surface area (Å²) in [5, 5.41) is 0.530. The van der Waals surface area contributed by atoms with Crippen LogP contribution in [0, 0.1) is 5.82 Å². The summed E-state index contributed by atoms with van der Waals surface area (Å²) in [6, 6.07) is 10.5. The Morgan fingerprint density at radius 2 is 1.79 bits per heavy atom. The molecule has 2 rings (SSSR count). The summed E-state index contributed by atoms with van der Waals surface area (Å²) in [5.41, 5.74) is 1.76. The highest BCUT2D eigenvalue weighted by molar-refractivity contribution is 9.10. The molecule has 0 amide bonds. The standard InChI is InChI=1S/C14H10Br2ClFO/c1-19-13-5-3-8(6-11(13)17)14(16)9-2-4-10(15)12(18)7-9/h2-7,14H,1H3. The predicted molar refractivity (Wildman–Crippen MR) is 82.9 cm³/mol. The van der Waals surface area contributed by atoms with Crippen molar-refractivity contribution >= 4 is 43.5 Å². The van der Waals surface area contributed by atoms with E-state index < -0.39 is 0 Å². The number of rotatable bonds is 3. The number of halogens is 4. The van der Waals surface area contributed by atoms with Crippen molar-refractivity contribution in [3.63, 3.8) is 0 Å². The van der Waals surface area contributed by atoms with Gasteiger partial charge in [0.15, 0.2) is 0 Å². The van der Waals surface area contributed by atoms with Crippen LogP contribution in [0.15, 0.2) is 40.9 Å². The molecule has 0 heterocycles. The Morgan fingerprint density at radius 1 is 1.16 bits per heavy atom. The van der Waals surface area contributed by atoms with Gasteiger partial charge in [0.25, 0.3) is 0 Å². The first kappa shape index (κ1) is 14.8. The topological polar surface area (TPSA) is 9.23 Å². The van der Waals surface area contributed by atoms with Gasteiger partial charge in [-0.15, -0.1) is 0 Å². The number of methoxy groups -OCH3 is 1. The Balaban J connectivity index is 2.35. The van der Waals surface area contributed by atoms with Crippen molar-refractivity contribution < 1.29 is 9.13 Å². The number of hydrogen-bond donors (Lipinski definition) is 0. The maximum Gasteiger partial charge on any atom is 0.137 e. The zero-order valence-corrected chi connectivity index (χ0v) is 13.9. The highest BCUT2D eigenvalue weighted by atomic mass is 79.9. The molecule has 0 aliphatic rings. The van der Waals surface area contributed by atoms with Crippen LogP contribution in [0.2, 0.25) is 5.02 Å². The zero-order chi connectivity index (χ0) is 14.0. The summed E-state index contributed by atoms with van der Waals surface area (Å²) in [7, 11) is 1.57. The highest BCUT2D eigenvalue weighted by Crippen LogP contribution is 2.36. The van der Waals surface area contributed by atoms with Crippen LogP contribution in [0.3, 0.4) is 0 Å². The van der Waals surface area contributed by atoms with E-state index in [1.165, 1.54) is 6.07 Å². The first-order valence-electron chi connectivity index (χ1n) is 5.45. The van der Waals surface area contributed by atoms with Gasteiger partial charge in [0, 0.05) is 0 Å². The van der Waals surface area contributed by atoms with E-state index in [2.05, 4.69) is 31.9 Å². The van der Waals surface area contributed by atoms with Gasteiger partial charge in [-0.05, 0) is 51.3 Å². The van der Waals surface area contributed by atoms with Crippen molar-refractivity contribution in [2.45, 2.75) is 4.83 Å². The summed E-state index contributed by atoms with van der Waals surface area (Å²) in [5.74, 6) is 0.327. The molecule has 2 aromatic carbocycles. The lowest BCUT2D eigenvalue weighted by molar-refractivity contribution is 0.415. The van der Waals surface area contributed by atoms with E-state index in [0.29, 0.717) is 15.2 Å². The Kier molecular flexibility index (Phi) is 4.87. The molecular formula is C14H10Br2ClFO. The van der Waals surface area contributed by atoms with Gasteiger partial charge in [0.2, 0.25) is 0 Å². The maximum atomic E-state index is 13.5. The number of ether oxygens (including phenoxy) is 1. The maximum absolute atomic E-state index is 13.5. The first-order valence-corrected chi connectivity index (χ1v) is 7.54. The van der Waals surface area contributed by atoms with Gasteiger partial charge < -0.3 is 4.74 Å². The molecule has 0 saturated heterocycles. The van der Waals surface area contributed by atoms with Crippen LogP contribution in [0.4, 0.5) is 4.39 Å². The Bertz CT molecular complexity index is 604. The van der Waals surface area contributed by atoms with Gasteiger partial charge in [0.1, 0.15) is 11.6 Å². The highest BCUT2D eigenvalue weighted by Gasteiger charge is 2.14. The second kappa shape index (κ2) is 6.25. The van der Waals surface area contributed by atoms with Crippen LogP contribution in [0.1, 0.15) is 16.0 Å². The van der Waals surface area contributed by atoms with Crippen LogP contribution in [0.5, 0.6) is 5.75 Å². The second-order valence-corrected chi connectivity index (χ2v) is 6.11. The number of hydrogen-bond acceptors (Lipinski definition) is 1. The monoisotopic (exact) mass is 406 g/mol. The molecule has 0 aromatic heterocycles. The van der Waals surface area contributed by atoms with Crippen LogP contribution < -0.4 is 4.74 Å². The molecule has 0 N–H and O–H groups in total. The number of alkyl halides is 1. The Hall–Kier alpha value is -0.580. The van der Waals surface area contributed by atoms with Crippen LogP contribution in [-0.2, 0) is 0 Å². The smallest absolute Gasteiger partial charge is 0.137 e. The van der Waals surface area contributed by atoms with Crippen LogP contribution >= 0.6 is 43.5 Å². The van der Waals surface area contributed by atoms with Crippen molar-refractivity contribution in [3.05, 3.63) is 62.8 Å². The van der Waals surface area contributed by atoms with Crippen molar-refractivity contribution in [1.82, 2.24) is 0 Å². The summed E-state index contributed by atoms with van der Waals surface area (Å²) in [6.07, 6.45) is 0. The van der Waals surface area contributed by atoms with E-state index in [4.69, 9.17) is 16.3 Å². The quantitative estimate of drug-likeness (QED) is 0.589. The lowest BCUT2D eigenvalue weighted by Gasteiger charge is -2.13. The van der Waals surface area contributed by atoms with Crippen molar-refractivity contribution in [2.24, 2.45) is 0 Å². The average molecular weight is 408 g/mol. The van der Waals surface area contributed by atoms with E-state index in [-0.39, 0.29) is 10.6 Å². The lowest BCUT2D eigenvalue weighted by Crippen LogP contribution is -1.95. The van der Waals surface area contributed by atoms with Crippen LogP contribution in [-0.4, -0.2) is 7.11 Å². The third-order valence-corrected chi connectivity index (χ3v) is 4.70. The molecule has 0 saturated carbocycles. The lowest BCUT2D eigenvalue weighted by atomic mass is 10.0. The van der Waals surface area contributed by atoms with Gasteiger partial charge >= 0.3 is 0 Å². The molecule has 1 unspecified atom stereocenters. The Morgan fingerprint density at radius 3 is 2.37 bits per heavy atom. The normalized spacial score (nSPS) is 12.3. The van der Waals surface area contributed by atoms with Crippen molar-refractivity contribution in [3.8, 4) is 5.75 Å². The number of benzene rings is 2. The fourth-order valence-corrected chi connectivity index (χ4v) is 2.79. The predicted octanol–water partition coefficient (Wildman–Crippen LogP) is 5.73. The molecule has 0 aliphatic heterocycles. The fourth-order valence-electron chi connectivity index (χ4n) is 1.70. The summed E-state index contributed by atoms with van der Waals surface area (Å²) >= 11 is 12.8. The average Bonchev–Trinajstić information content (AvgIpc) is 2.41. The molecular weight excluding hydrogens is 398 g/mol. The fraction of sp³-hybridized carbons (Fsp3) is 0.143. The van der Waals surface area contributed by atoms with Gasteiger partial charge in [0.05, 0.1) is 21.4 Å². The Labute approximate surface area is 133 Å². The summed E-state index contributed by atoms with van der Waals surface area (Å²) < 4.78 is 19.1. The minimum atomic E-state index is -0.290. The van der Waals surface area contributed by atoms with E-state index in [9.17, 15) is 4.39 Å². The van der Waals surface area contributed by atoms with Gasteiger partial charge in [-0.1, -0.05) is 39.7 Å². The molecule has 0 radical (unpaired) electrons. The molecule has 1 atom stereocenters. The zero-order valence-electron chi connectivity index (χ0n) is 9.96. The third kappa shape index (κ3) is 3.30. The van der Waals surface area contributed by atoms with Gasteiger partial charge in [-0.25, -0.2) is 4.39 Å². The van der Waals surface area contributed by atoms with Crippen LogP contribution in [0.25, 0.3) is 0 Å².